The lowest BCUT2D eigenvalue weighted by Gasteiger charge is -2.04. The molecule has 72 valence electrons. The van der Waals surface area contributed by atoms with E-state index in [0.717, 1.165) is 0 Å². The first-order chi connectivity index (χ1) is 6.61. The van der Waals surface area contributed by atoms with Gasteiger partial charge in [-0.2, -0.15) is 0 Å². The first-order valence-corrected chi connectivity index (χ1v) is 3.96. The van der Waals surface area contributed by atoms with Crippen LogP contribution in [0.1, 0.15) is 22.0 Å². The summed E-state index contributed by atoms with van der Waals surface area (Å²) in [5.74, 6) is -2.99. The molecule has 0 fully saturated rings. The Morgan fingerprint density at radius 1 is 1.36 bits per heavy atom. The molecule has 0 aromatic carbocycles. The fourth-order valence-electron chi connectivity index (χ4n) is 1.57. The monoisotopic (exact) mass is 193 g/mol. The van der Waals surface area contributed by atoms with Crippen molar-refractivity contribution in [3.63, 3.8) is 0 Å². The van der Waals surface area contributed by atoms with Crippen molar-refractivity contribution >= 4 is 18.1 Å². The summed E-state index contributed by atoms with van der Waals surface area (Å²) >= 11 is 0. The van der Waals surface area contributed by atoms with Gasteiger partial charge in [0.1, 0.15) is 5.92 Å². The van der Waals surface area contributed by atoms with Gasteiger partial charge in [-0.15, -0.1) is 0 Å². The fourth-order valence-corrected chi connectivity index (χ4v) is 1.57. The molecule has 1 aliphatic heterocycles. The number of carboxylic acid groups (broad SMARTS) is 2. The predicted molar refractivity (Wildman–Crippen MR) is 47.1 cm³/mol. The Morgan fingerprint density at radius 3 is 2.64 bits per heavy atom. The predicted octanol–water partition coefficient (Wildman–Crippen LogP) is 0.839. The number of rotatable bonds is 2. The van der Waals surface area contributed by atoms with E-state index in [9.17, 15) is 9.59 Å². The Kier molecular flexibility index (Phi) is 1.67. The van der Waals surface area contributed by atoms with Gasteiger partial charge >= 0.3 is 11.9 Å². The highest BCUT2D eigenvalue weighted by atomic mass is 16.4. The first kappa shape index (κ1) is 8.55. The quantitative estimate of drug-likeness (QED) is 0.729. The Hall–Kier alpha value is -2.04. The van der Waals surface area contributed by atoms with Gasteiger partial charge in [0.05, 0.1) is 11.3 Å². The van der Waals surface area contributed by atoms with Crippen molar-refractivity contribution in [2.75, 3.05) is 0 Å². The zero-order valence-electron chi connectivity index (χ0n) is 7.04. The molecule has 2 N–H and O–H groups in total. The van der Waals surface area contributed by atoms with E-state index in [1.165, 1.54) is 22.9 Å². The second-order valence-electron chi connectivity index (χ2n) is 2.98. The molecule has 1 aromatic rings. The second kappa shape index (κ2) is 2.73. The highest BCUT2D eigenvalue weighted by Gasteiger charge is 2.29. The molecule has 1 unspecified atom stereocenters. The van der Waals surface area contributed by atoms with E-state index in [-0.39, 0.29) is 5.56 Å². The van der Waals surface area contributed by atoms with Crippen molar-refractivity contribution in [1.29, 1.82) is 0 Å². The summed E-state index contributed by atoms with van der Waals surface area (Å²) in [6, 6.07) is 1.40. The normalized spacial score (nSPS) is 18.1. The Morgan fingerprint density at radius 2 is 2.07 bits per heavy atom. The average molecular weight is 193 g/mol. The molecule has 0 radical (unpaired) electrons. The Bertz CT molecular complexity index is 444. The van der Waals surface area contributed by atoms with Crippen LogP contribution >= 0.6 is 0 Å². The third-order valence-electron chi connectivity index (χ3n) is 2.19. The first-order valence-electron chi connectivity index (χ1n) is 3.96. The van der Waals surface area contributed by atoms with Gasteiger partial charge in [-0.05, 0) is 12.1 Å². The van der Waals surface area contributed by atoms with Crippen LogP contribution in [0.2, 0.25) is 0 Å². The van der Waals surface area contributed by atoms with E-state index < -0.39 is 17.9 Å². The molecule has 0 saturated heterocycles. The zero-order chi connectivity index (χ0) is 10.3. The number of aliphatic carboxylic acids is 1. The van der Waals surface area contributed by atoms with E-state index in [1.807, 2.05) is 0 Å². The molecule has 0 saturated carbocycles. The Balaban J connectivity index is 2.54. The molecule has 5 nitrogen and oxygen atoms in total. The number of aromatic nitrogens is 1. The van der Waals surface area contributed by atoms with E-state index in [4.69, 9.17) is 10.2 Å². The minimum absolute atomic E-state index is 0.0439. The van der Waals surface area contributed by atoms with Crippen LogP contribution in [0.3, 0.4) is 0 Å². The smallest absolute Gasteiger partial charge is 0.337 e. The van der Waals surface area contributed by atoms with Crippen LogP contribution in [0.15, 0.2) is 18.3 Å². The standard InChI is InChI=1S/C9H7NO4/c11-8(12)5-1-3-10-4-2-6(7(5)10)9(13)14/h1-5H,(H,11,12)(H,13,14). The van der Waals surface area contributed by atoms with E-state index in [2.05, 4.69) is 0 Å². The van der Waals surface area contributed by atoms with Crippen LogP contribution in [-0.4, -0.2) is 26.7 Å². The molecular weight excluding hydrogens is 186 g/mol. The lowest BCUT2D eigenvalue weighted by atomic mass is 10.0. The number of carboxylic acids is 2. The van der Waals surface area contributed by atoms with Crippen molar-refractivity contribution in [2.24, 2.45) is 0 Å². The van der Waals surface area contributed by atoms with E-state index in [1.54, 1.807) is 6.20 Å². The van der Waals surface area contributed by atoms with Crippen molar-refractivity contribution in [2.45, 2.75) is 5.92 Å². The van der Waals surface area contributed by atoms with Crippen molar-refractivity contribution in [3.05, 3.63) is 29.6 Å². The third kappa shape index (κ3) is 1.02. The zero-order valence-corrected chi connectivity index (χ0v) is 7.04. The highest BCUT2D eigenvalue weighted by Crippen LogP contribution is 2.29. The van der Waals surface area contributed by atoms with Crippen LogP contribution in [-0.2, 0) is 4.79 Å². The molecule has 0 amide bonds. The number of carbonyl (C=O) groups is 2. The maximum Gasteiger partial charge on any atom is 0.337 e. The maximum atomic E-state index is 10.8. The maximum absolute atomic E-state index is 10.8. The molecule has 1 aliphatic rings. The summed E-state index contributed by atoms with van der Waals surface area (Å²) in [5, 5.41) is 17.6. The highest BCUT2D eigenvalue weighted by molar-refractivity contribution is 5.93. The van der Waals surface area contributed by atoms with Gasteiger partial charge in [0.25, 0.3) is 0 Å². The molecule has 1 aromatic heterocycles. The van der Waals surface area contributed by atoms with E-state index in [0.29, 0.717) is 5.69 Å². The summed E-state index contributed by atoms with van der Waals surface area (Å²) in [5.41, 5.74) is 0.354. The van der Waals surface area contributed by atoms with Crippen LogP contribution in [0, 0.1) is 0 Å². The summed E-state index contributed by atoms with van der Waals surface area (Å²) in [6.45, 7) is 0. The molecule has 2 rings (SSSR count). The molecule has 2 heterocycles. The lowest BCUT2D eigenvalue weighted by Crippen LogP contribution is -2.12. The number of aromatic carboxylic acids is 1. The van der Waals surface area contributed by atoms with Gasteiger partial charge in [-0.25, -0.2) is 4.79 Å². The largest absolute Gasteiger partial charge is 0.481 e. The second-order valence-corrected chi connectivity index (χ2v) is 2.98. The summed E-state index contributed by atoms with van der Waals surface area (Å²) in [6.07, 6.45) is 4.56. The SMILES string of the molecule is O=C(O)c1ccn2c1C(C(=O)O)C=C2. The molecule has 14 heavy (non-hydrogen) atoms. The third-order valence-corrected chi connectivity index (χ3v) is 2.19. The molecular formula is C9H7NO4. The molecule has 5 heteroatoms. The molecule has 0 aliphatic carbocycles. The van der Waals surface area contributed by atoms with Crippen LogP contribution in [0.25, 0.3) is 6.20 Å². The van der Waals surface area contributed by atoms with Gasteiger partial charge in [0.2, 0.25) is 0 Å². The number of hydrogen-bond acceptors (Lipinski definition) is 2. The number of hydrogen-bond donors (Lipinski definition) is 2. The van der Waals surface area contributed by atoms with Crippen molar-refractivity contribution in [3.8, 4) is 0 Å². The lowest BCUT2D eigenvalue weighted by molar-refractivity contribution is -0.137. The van der Waals surface area contributed by atoms with Crippen molar-refractivity contribution in [1.82, 2.24) is 4.57 Å². The summed E-state index contributed by atoms with van der Waals surface area (Å²) in [4.78, 5) is 21.5. The van der Waals surface area contributed by atoms with Gasteiger partial charge < -0.3 is 14.8 Å². The van der Waals surface area contributed by atoms with Gasteiger partial charge in [0.15, 0.2) is 0 Å². The van der Waals surface area contributed by atoms with Gasteiger partial charge in [-0.1, -0.05) is 0 Å². The van der Waals surface area contributed by atoms with Crippen LogP contribution in [0.4, 0.5) is 0 Å². The van der Waals surface area contributed by atoms with Crippen LogP contribution in [0.5, 0.6) is 0 Å². The van der Waals surface area contributed by atoms with Gasteiger partial charge in [0, 0.05) is 12.4 Å². The summed E-state index contributed by atoms with van der Waals surface area (Å²) in [7, 11) is 0. The van der Waals surface area contributed by atoms with Crippen molar-refractivity contribution < 1.29 is 19.8 Å². The van der Waals surface area contributed by atoms with Crippen LogP contribution < -0.4 is 0 Å². The number of nitrogens with zero attached hydrogens (tertiary/aromatic N) is 1. The molecule has 0 bridgehead atoms. The van der Waals surface area contributed by atoms with Gasteiger partial charge in [-0.3, -0.25) is 4.79 Å². The fraction of sp³-hybridized carbons (Fsp3) is 0.111. The molecule has 0 spiro atoms. The number of fused-ring (bicyclic) bond motifs is 1. The Labute approximate surface area is 78.9 Å². The minimum Gasteiger partial charge on any atom is -0.481 e. The molecule has 1 atom stereocenters. The summed E-state index contributed by atoms with van der Waals surface area (Å²) < 4.78 is 1.52. The minimum atomic E-state index is -1.10. The topological polar surface area (TPSA) is 79.5 Å². The average Bonchev–Trinajstić information content (AvgIpc) is 2.59. The van der Waals surface area contributed by atoms with E-state index >= 15 is 0 Å².